The minimum atomic E-state index is -0.577. The van der Waals surface area contributed by atoms with Crippen molar-refractivity contribution < 1.29 is 4.74 Å². The van der Waals surface area contributed by atoms with E-state index in [0.29, 0.717) is 33.1 Å². The van der Waals surface area contributed by atoms with Crippen molar-refractivity contribution in [3.8, 4) is 22.6 Å². The summed E-state index contributed by atoms with van der Waals surface area (Å²) in [7, 11) is 1.56. The van der Waals surface area contributed by atoms with Crippen molar-refractivity contribution in [2.45, 2.75) is 0 Å². The first kappa shape index (κ1) is 19.0. The minimum Gasteiger partial charge on any atom is -0.497 e. The molecule has 0 bridgehead atoms. The molecule has 0 atom stereocenters. The normalized spacial score (nSPS) is 11.2. The fraction of sp³-hybridized carbons (Fsp3) is 0.0435. The molecule has 5 rings (SSSR count). The molecule has 2 aromatic carbocycles. The van der Waals surface area contributed by atoms with Crippen LogP contribution in [0.25, 0.3) is 38.6 Å². The van der Waals surface area contributed by atoms with Gasteiger partial charge in [-0.05, 0) is 24.3 Å². The summed E-state index contributed by atoms with van der Waals surface area (Å²) in [5.41, 5.74) is 1.07. The number of nitrogens with one attached hydrogen (secondary N) is 1. The fourth-order valence-corrected chi connectivity index (χ4v) is 3.82. The van der Waals surface area contributed by atoms with E-state index in [1.165, 1.54) is 6.20 Å². The molecule has 0 aliphatic heterocycles. The van der Waals surface area contributed by atoms with Gasteiger partial charge in [-0.1, -0.05) is 35.9 Å². The van der Waals surface area contributed by atoms with Gasteiger partial charge in [0.1, 0.15) is 5.75 Å². The third-order valence-corrected chi connectivity index (χ3v) is 5.44. The zero-order chi connectivity index (χ0) is 21.5. The number of nitrogens with zero attached hydrogens (tertiary/aromatic N) is 3. The maximum absolute atomic E-state index is 13.2. The average molecular weight is 431 g/mol. The fourth-order valence-electron chi connectivity index (χ4n) is 3.60. The lowest BCUT2D eigenvalue weighted by atomic mass is 10.1. The molecule has 0 radical (unpaired) electrons. The Bertz CT molecular complexity index is 1580. The van der Waals surface area contributed by atoms with E-state index < -0.39 is 11.2 Å². The molecular weight excluding hydrogens is 416 g/mol. The molecule has 0 fully saturated rings. The summed E-state index contributed by atoms with van der Waals surface area (Å²) in [6.07, 6.45) is 4.73. The third-order valence-electron chi connectivity index (χ3n) is 5.11. The molecular formula is C23H15ClN4O3. The Hall–Kier alpha value is -3.97. The van der Waals surface area contributed by atoms with Gasteiger partial charge >= 0.3 is 5.69 Å². The van der Waals surface area contributed by atoms with Gasteiger partial charge in [0.25, 0.3) is 5.56 Å². The molecule has 0 aliphatic rings. The van der Waals surface area contributed by atoms with Crippen molar-refractivity contribution in [1.29, 1.82) is 0 Å². The van der Waals surface area contributed by atoms with Crippen molar-refractivity contribution in [3.05, 3.63) is 93.0 Å². The lowest BCUT2D eigenvalue weighted by molar-refractivity contribution is 0.415. The monoisotopic (exact) mass is 430 g/mol. The summed E-state index contributed by atoms with van der Waals surface area (Å²) in [5, 5.41) is 2.06. The first-order valence-electron chi connectivity index (χ1n) is 9.39. The van der Waals surface area contributed by atoms with E-state index in [1.807, 2.05) is 24.3 Å². The molecule has 0 saturated heterocycles. The zero-order valence-electron chi connectivity index (χ0n) is 16.3. The van der Waals surface area contributed by atoms with Crippen LogP contribution in [0, 0.1) is 0 Å². The van der Waals surface area contributed by atoms with Gasteiger partial charge in [-0.3, -0.25) is 9.78 Å². The number of halogens is 1. The molecule has 8 heteroatoms. The molecule has 152 valence electrons. The highest BCUT2D eigenvalue weighted by molar-refractivity contribution is 6.33. The number of hydrogen-bond acceptors (Lipinski definition) is 5. The van der Waals surface area contributed by atoms with Crippen molar-refractivity contribution >= 4 is 33.4 Å². The van der Waals surface area contributed by atoms with Crippen LogP contribution in [0.15, 0.2) is 76.7 Å². The van der Waals surface area contributed by atoms with Gasteiger partial charge < -0.3 is 9.72 Å². The minimum absolute atomic E-state index is 0.135. The van der Waals surface area contributed by atoms with E-state index >= 15 is 0 Å². The Morgan fingerprint density at radius 2 is 1.87 bits per heavy atom. The summed E-state index contributed by atoms with van der Waals surface area (Å²) in [6, 6.07) is 14.3. The van der Waals surface area contributed by atoms with Crippen molar-refractivity contribution in [2.75, 3.05) is 7.11 Å². The van der Waals surface area contributed by atoms with Crippen molar-refractivity contribution in [1.82, 2.24) is 19.5 Å². The number of rotatable bonds is 3. The number of hydrogen-bond donors (Lipinski definition) is 1. The number of aromatic amines is 1. The van der Waals surface area contributed by atoms with Gasteiger partial charge in [-0.25, -0.2) is 14.3 Å². The Morgan fingerprint density at radius 3 is 2.71 bits per heavy atom. The van der Waals surface area contributed by atoms with Gasteiger partial charge in [0.05, 0.1) is 24.5 Å². The Kier molecular flexibility index (Phi) is 4.52. The molecule has 7 nitrogen and oxygen atoms in total. The summed E-state index contributed by atoms with van der Waals surface area (Å²) >= 11 is 6.33. The number of pyridine rings is 2. The van der Waals surface area contributed by atoms with Crippen LogP contribution in [-0.4, -0.2) is 26.6 Å². The van der Waals surface area contributed by atoms with Crippen molar-refractivity contribution in [2.24, 2.45) is 0 Å². The van der Waals surface area contributed by atoms with Gasteiger partial charge in [-0.2, -0.15) is 0 Å². The predicted molar refractivity (Wildman–Crippen MR) is 120 cm³/mol. The molecule has 31 heavy (non-hydrogen) atoms. The van der Waals surface area contributed by atoms with Crippen LogP contribution < -0.4 is 16.0 Å². The second-order valence-electron chi connectivity index (χ2n) is 6.92. The van der Waals surface area contributed by atoms with E-state index in [-0.39, 0.29) is 5.52 Å². The van der Waals surface area contributed by atoms with E-state index in [1.54, 1.807) is 43.8 Å². The Morgan fingerprint density at radius 1 is 1.03 bits per heavy atom. The second-order valence-corrected chi connectivity index (χ2v) is 7.32. The molecule has 0 unspecified atom stereocenters. The van der Waals surface area contributed by atoms with E-state index in [2.05, 4.69) is 15.0 Å². The van der Waals surface area contributed by atoms with Crippen LogP contribution >= 0.6 is 11.6 Å². The zero-order valence-corrected chi connectivity index (χ0v) is 17.1. The number of ether oxygens (including phenoxy) is 1. The number of H-pyrrole nitrogens is 1. The van der Waals surface area contributed by atoms with Gasteiger partial charge in [-0.15, -0.1) is 0 Å². The highest BCUT2D eigenvalue weighted by Gasteiger charge is 2.15. The number of methoxy groups -OCH3 is 1. The molecule has 0 spiro atoms. The number of benzene rings is 2. The maximum Gasteiger partial charge on any atom is 0.333 e. The van der Waals surface area contributed by atoms with Crippen LogP contribution in [0.4, 0.5) is 0 Å². The standard InChI is InChI=1S/C23H15ClN4O3/c1-31-15-6-7-18(24)17(9-15)14-8-19-21(26-11-14)22(29)28(23(30)27-19)20-12-25-10-13-4-2-3-5-16(13)20/h2-12H,1H3,(H,27,30). The molecule has 0 amide bonds. The predicted octanol–water partition coefficient (Wildman–Crippen LogP) is 3.95. The topological polar surface area (TPSA) is 89.9 Å². The SMILES string of the molecule is COc1ccc(Cl)c(-c2cnc3c(=O)n(-c4cncc5ccccc45)c(=O)[nH]c3c2)c1. The molecule has 5 aromatic rings. The lowest BCUT2D eigenvalue weighted by Crippen LogP contribution is -2.34. The van der Waals surface area contributed by atoms with Gasteiger partial charge in [0.2, 0.25) is 0 Å². The Labute approximate surface area is 180 Å². The van der Waals surface area contributed by atoms with Crippen LogP contribution in [0.3, 0.4) is 0 Å². The van der Waals surface area contributed by atoms with E-state index in [0.717, 1.165) is 15.3 Å². The highest BCUT2D eigenvalue weighted by atomic mass is 35.5. The second kappa shape index (κ2) is 7.37. The molecule has 3 aromatic heterocycles. The summed E-state index contributed by atoms with van der Waals surface area (Å²) in [6.45, 7) is 0. The van der Waals surface area contributed by atoms with Crippen LogP contribution in [0.1, 0.15) is 0 Å². The van der Waals surface area contributed by atoms with Crippen molar-refractivity contribution in [3.63, 3.8) is 0 Å². The van der Waals surface area contributed by atoms with Crippen LogP contribution in [0.2, 0.25) is 5.02 Å². The maximum atomic E-state index is 13.2. The number of aromatic nitrogens is 4. The van der Waals surface area contributed by atoms with Crippen LogP contribution in [0.5, 0.6) is 5.75 Å². The molecule has 0 aliphatic carbocycles. The largest absolute Gasteiger partial charge is 0.497 e. The average Bonchev–Trinajstić information content (AvgIpc) is 2.79. The van der Waals surface area contributed by atoms with Gasteiger partial charge in [0.15, 0.2) is 5.52 Å². The Balaban J connectivity index is 1.74. The third kappa shape index (κ3) is 3.15. The smallest absolute Gasteiger partial charge is 0.333 e. The summed E-state index contributed by atoms with van der Waals surface area (Å²) < 4.78 is 6.32. The molecule has 0 saturated carbocycles. The number of fused-ring (bicyclic) bond motifs is 2. The molecule has 3 heterocycles. The van der Waals surface area contributed by atoms with E-state index in [9.17, 15) is 9.59 Å². The summed E-state index contributed by atoms with van der Waals surface area (Å²) in [5.74, 6) is 0.631. The quantitative estimate of drug-likeness (QED) is 0.468. The van der Waals surface area contributed by atoms with Gasteiger partial charge in [0, 0.05) is 39.3 Å². The summed E-state index contributed by atoms with van der Waals surface area (Å²) in [4.78, 5) is 37.4. The van der Waals surface area contributed by atoms with E-state index in [4.69, 9.17) is 16.3 Å². The molecule has 1 N–H and O–H groups in total. The highest BCUT2D eigenvalue weighted by Crippen LogP contribution is 2.31. The lowest BCUT2D eigenvalue weighted by Gasteiger charge is -2.10. The first-order valence-corrected chi connectivity index (χ1v) is 9.77. The van der Waals surface area contributed by atoms with Crippen LogP contribution in [-0.2, 0) is 0 Å². The first-order chi connectivity index (χ1) is 15.1.